The summed E-state index contributed by atoms with van der Waals surface area (Å²) in [5, 5.41) is 10.2. The van der Waals surface area contributed by atoms with E-state index >= 15 is 0 Å². The van der Waals surface area contributed by atoms with Crippen LogP contribution in [0.2, 0.25) is 0 Å². The van der Waals surface area contributed by atoms with E-state index in [-0.39, 0.29) is 11.9 Å². The summed E-state index contributed by atoms with van der Waals surface area (Å²) in [6, 6.07) is 11.6. The molecule has 1 aliphatic rings. The largest absolute Gasteiger partial charge is 0.486 e. The molecule has 4 heterocycles. The third-order valence-electron chi connectivity index (χ3n) is 5.14. The Labute approximate surface area is 183 Å². The summed E-state index contributed by atoms with van der Waals surface area (Å²) in [7, 11) is 0. The summed E-state index contributed by atoms with van der Waals surface area (Å²) in [6.07, 6.45) is 1.72. The van der Waals surface area contributed by atoms with E-state index in [2.05, 4.69) is 10.4 Å². The van der Waals surface area contributed by atoms with Crippen LogP contribution < -0.4 is 14.8 Å². The molecule has 0 bridgehead atoms. The summed E-state index contributed by atoms with van der Waals surface area (Å²) in [5.41, 5.74) is 2.78. The Morgan fingerprint density at radius 3 is 2.81 bits per heavy atom. The molecule has 0 spiro atoms. The predicted molar refractivity (Wildman–Crippen MR) is 120 cm³/mol. The Morgan fingerprint density at radius 1 is 1.19 bits per heavy atom. The molecule has 0 unspecified atom stereocenters. The standard InChI is InChI=1S/C23H22N4O3S/c1-14(2)27-22-18(13-25-27)17(23(28)24-12-16-4-3-9-31-16)11-19(26-22)15-5-6-20-21(10-15)30-8-7-29-20/h3-6,9-11,13-14H,7-8,12H2,1-2H3,(H,24,28). The molecule has 0 atom stereocenters. The number of hydrogen-bond donors (Lipinski definition) is 1. The highest BCUT2D eigenvalue weighted by Gasteiger charge is 2.20. The molecule has 0 saturated carbocycles. The van der Waals surface area contributed by atoms with Crippen LogP contribution >= 0.6 is 11.3 Å². The lowest BCUT2D eigenvalue weighted by Gasteiger charge is -2.19. The summed E-state index contributed by atoms with van der Waals surface area (Å²) < 4.78 is 13.2. The first kappa shape index (κ1) is 19.6. The van der Waals surface area contributed by atoms with E-state index in [1.165, 1.54) is 0 Å². The van der Waals surface area contributed by atoms with E-state index in [0.717, 1.165) is 21.6 Å². The molecule has 1 N–H and O–H groups in total. The number of hydrogen-bond acceptors (Lipinski definition) is 6. The maximum Gasteiger partial charge on any atom is 0.252 e. The van der Waals surface area contributed by atoms with Crippen molar-refractivity contribution in [3.63, 3.8) is 0 Å². The van der Waals surface area contributed by atoms with Gasteiger partial charge in [-0.3, -0.25) is 4.79 Å². The second kappa shape index (κ2) is 8.03. The minimum atomic E-state index is -0.150. The van der Waals surface area contributed by atoms with Crippen LogP contribution in [0.15, 0.2) is 48.0 Å². The molecule has 158 valence electrons. The number of thiophene rings is 1. The Balaban J connectivity index is 1.58. The fourth-order valence-electron chi connectivity index (χ4n) is 3.61. The third-order valence-corrected chi connectivity index (χ3v) is 6.02. The highest BCUT2D eigenvalue weighted by Crippen LogP contribution is 2.35. The number of fused-ring (bicyclic) bond motifs is 2. The lowest BCUT2D eigenvalue weighted by atomic mass is 10.1. The number of nitrogens with one attached hydrogen (secondary N) is 1. The van der Waals surface area contributed by atoms with Crippen LogP contribution in [0.1, 0.15) is 35.1 Å². The Kier molecular flexibility index (Phi) is 5.07. The number of amides is 1. The van der Waals surface area contributed by atoms with Crippen molar-refractivity contribution in [1.29, 1.82) is 0 Å². The van der Waals surface area contributed by atoms with Gasteiger partial charge in [0.25, 0.3) is 5.91 Å². The van der Waals surface area contributed by atoms with Crippen LogP contribution in [-0.2, 0) is 6.54 Å². The molecule has 4 aromatic rings. The van der Waals surface area contributed by atoms with Crippen molar-refractivity contribution < 1.29 is 14.3 Å². The van der Waals surface area contributed by atoms with Gasteiger partial charge in [-0.15, -0.1) is 11.3 Å². The number of aromatic nitrogens is 3. The van der Waals surface area contributed by atoms with Crippen molar-refractivity contribution in [2.45, 2.75) is 26.4 Å². The molecule has 0 fully saturated rings. The van der Waals surface area contributed by atoms with Gasteiger partial charge in [0.05, 0.1) is 29.4 Å². The fraction of sp³-hybridized carbons (Fsp3) is 0.261. The van der Waals surface area contributed by atoms with Crippen LogP contribution in [0.3, 0.4) is 0 Å². The monoisotopic (exact) mass is 434 g/mol. The predicted octanol–water partition coefficient (Wildman–Crippen LogP) is 4.44. The van der Waals surface area contributed by atoms with Gasteiger partial charge in [0.15, 0.2) is 17.1 Å². The van der Waals surface area contributed by atoms with Gasteiger partial charge in [0, 0.05) is 16.5 Å². The molecule has 1 amide bonds. The molecular formula is C23H22N4O3S. The first-order valence-corrected chi connectivity index (χ1v) is 11.1. The van der Waals surface area contributed by atoms with Crippen molar-refractivity contribution >= 4 is 28.3 Å². The lowest BCUT2D eigenvalue weighted by molar-refractivity contribution is 0.0953. The Bertz CT molecular complexity index is 1250. The summed E-state index contributed by atoms with van der Waals surface area (Å²) >= 11 is 1.62. The fourth-order valence-corrected chi connectivity index (χ4v) is 4.25. The van der Waals surface area contributed by atoms with Crippen LogP contribution in [0.5, 0.6) is 11.5 Å². The Hall–Kier alpha value is -3.39. The van der Waals surface area contributed by atoms with Crippen LogP contribution in [0.25, 0.3) is 22.3 Å². The number of carbonyl (C=O) groups excluding carboxylic acids is 1. The first-order chi connectivity index (χ1) is 15.1. The number of pyridine rings is 1. The molecule has 0 saturated heterocycles. The number of nitrogens with zero attached hydrogens (tertiary/aromatic N) is 3. The average molecular weight is 435 g/mol. The van der Waals surface area contributed by atoms with Crippen molar-refractivity contribution in [2.75, 3.05) is 13.2 Å². The van der Waals surface area contributed by atoms with E-state index in [9.17, 15) is 4.79 Å². The molecule has 1 aliphatic heterocycles. The second-order valence-corrected chi connectivity index (χ2v) is 8.63. The van der Waals surface area contributed by atoms with Gasteiger partial charge in [-0.2, -0.15) is 5.10 Å². The van der Waals surface area contributed by atoms with E-state index < -0.39 is 0 Å². The van der Waals surface area contributed by atoms with Crippen LogP contribution in [-0.4, -0.2) is 33.9 Å². The normalized spacial score (nSPS) is 13.0. The number of ether oxygens (including phenoxy) is 2. The SMILES string of the molecule is CC(C)n1ncc2c(C(=O)NCc3cccs3)cc(-c3ccc4c(c3)OCCO4)nc21. The zero-order valence-corrected chi connectivity index (χ0v) is 18.1. The molecule has 3 aromatic heterocycles. The van der Waals surface area contributed by atoms with Crippen LogP contribution in [0, 0.1) is 0 Å². The molecule has 7 nitrogen and oxygen atoms in total. The molecule has 8 heteroatoms. The highest BCUT2D eigenvalue weighted by molar-refractivity contribution is 7.09. The minimum Gasteiger partial charge on any atom is -0.486 e. The molecule has 1 aromatic carbocycles. The van der Waals surface area contributed by atoms with Gasteiger partial charge in [0.1, 0.15) is 13.2 Å². The zero-order valence-electron chi connectivity index (χ0n) is 17.3. The molecule has 5 rings (SSSR count). The highest BCUT2D eigenvalue weighted by atomic mass is 32.1. The average Bonchev–Trinajstić information content (AvgIpc) is 3.46. The maximum atomic E-state index is 13.1. The van der Waals surface area contributed by atoms with Crippen molar-refractivity contribution in [3.05, 3.63) is 58.4 Å². The Morgan fingerprint density at radius 2 is 2.03 bits per heavy atom. The lowest BCUT2D eigenvalue weighted by Crippen LogP contribution is -2.22. The minimum absolute atomic E-state index is 0.113. The quantitative estimate of drug-likeness (QED) is 0.502. The summed E-state index contributed by atoms with van der Waals surface area (Å²) in [4.78, 5) is 19.1. The van der Waals surface area contributed by atoms with Crippen molar-refractivity contribution in [1.82, 2.24) is 20.1 Å². The number of benzene rings is 1. The second-order valence-electron chi connectivity index (χ2n) is 7.60. The van der Waals surface area contributed by atoms with Gasteiger partial charge in [-0.05, 0) is 49.6 Å². The van der Waals surface area contributed by atoms with Crippen molar-refractivity contribution in [2.24, 2.45) is 0 Å². The summed E-state index contributed by atoms with van der Waals surface area (Å²) in [5.74, 6) is 1.26. The van der Waals surface area contributed by atoms with Gasteiger partial charge >= 0.3 is 0 Å². The molecule has 31 heavy (non-hydrogen) atoms. The van der Waals surface area contributed by atoms with E-state index in [0.29, 0.717) is 42.4 Å². The van der Waals surface area contributed by atoms with E-state index in [1.807, 2.05) is 60.3 Å². The molecular weight excluding hydrogens is 412 g/mol. The summed E-state index contributed by atoms with van der Waals surface area (Å²) in [6.45, 7) is 5.62. The van der Waals surface area contributed by atoms with E-state index in [4.69, 9.17) is 14.5 Å². The topological polar surface area (TPSA) is 78.3 Å². The smallest absolute Gasteiger partial charge is 0.252 e. The van der Waals surface area contributed by atoms with Gasteiger partial charge in [-0.25, -0.2) is 9.67 Å². The van der Waals surface area contributed by atoms with Crippen molar-refractivity contribution in [3.8, 4) is 22.8 Å². The third kappa shape index (κ3) is 3.74. The van der Waals surface area contributed by atoms with E-state index in [1.54, 1.807) is 17.5 Å². The number of rotatable bonds is 5. The number of carbonyl (C=O) groups is 1. The van der Waals surface area contributed by atoms with Crippen LogP contribution in [0.4, 0.5) is 0 Å². The van der Waals surface area contributed by atoms with Gasteiger partial charge in [-0.1, -0.05) is 6.07 Å². The van der Waals surface area contributed by atoms with Gasteiger partial charge < -0.3 is 14.8 Å². The zero-order chi connectivity index (χ0) is 21.4. The molecule has 0 radical (unpaired) electrons. The first-order valence-electron chi connectivity index (χ1n) is 10.2. The maximum absolute atomic E-state index is 13.1. The van der Waals surface area contributed by atoms with Gasteiger partial charge in [0.2, 0.25) is 0 Å². The molecule has 0 aliphatic carbocycles.